The molecule has 0 radical (unpaired) electrons. The van der Waals surface area contributed by atoms with Crippen molar-refractivity contribution in [3.05, 3.63) is 12.2 Å². The van der Waals surface area contributed by atoms with Gasteiger partial charge in [-0.15, -0.1) is 0 Å². The van der Waals surface area contributed by atoms with E-state index in [4.69, 9.17) is 23.7 Å². The van der Waals surface area contributed by atoms with Gasteiger partial charge in [0, 0.05) is 31.4 Å². The van der Waals surface area contributed by atoms with Crippen LogP contribution in [0.3, 0.4) is 0 Å². The molecule has 0 unspecified atom stereocenters. The maximum absolute atomic E-state index is 12.1. The first kappa shape index (κ1) is 27.0. The predicted molar refractivity (Wildman–Crippen MR) is 104 cm³/mol. The molecule has 1 saturated heterocycles. The van der Waals surface area contributed by atoms with Crippen LogP contribution in [-0.4, -0.2) is 79.4 Å². The highest BCUT2D eigenvalue weighted by Crippen LogP contribution is 2.28. The van der Waals surface area contributed by atoms with Gasteiger partial charge in [0.25, 0.3) is 0 Å². The molecule has 0 saturated carbocycles. The zero-order chi connectivity index (χ0) is 24.3. The normalized spacial score (nSPS) is 25.0. The minimum Gasteiger partial charge on any atom is -0.466 e. The second-order valence-electron chi connectivity index (χ2n) is 6.48. The van der Waals surface area contributed by atoms with Crippen molar-refractivity contribution < 1.29 is 57.5 Å². The fraction of sp³-hybridized carbons (Fsp3) is 0.650. The number of rotatable bonds is 10. The van der Waals surface area contributed by atoms with Gasteiger partial charge in [0.1, 0.15) is 18.8 Å². The summed E-state index contributed by atoms with van der Waals surface area (Å²) in [6.07, 6.45) is -6.04. The van der Waals surface area contributed by atoms with Gasteiger partial charge in [0.2, 0.25) is 12.4 Å². The van der Waals surface area contributed by atoms with E-state index in [0.717, 1.165) is 19.3 Å². The lowest BCUT2D eigenvalue weighted by molar-refractivity contribution is -0.298. The molecule has 180 valence electrons. The molecule has 12 heteroatoms. The van der Waals surface area contributed by atoms with E-state index < -0.39 is 67.2 Å². The van der Waals surface area contributed by atoms with Crippen LogP contribution in [0.1, 0.15) is 40.0 Å². The van der Waals surface area contributed by atoms with Crippen molar-refractivity contribution in [1.82, 2.24) is 0 Å². The van der Waals surface area contributed by atoms with Crippen molar-refractivity contribution in [2.75, 3.05) is 13.7 Å². The van der Waals surface area contributed by atoms with E-state index in [2.05, 4.69) is 4.74 Å². The van der Waals surface area contributed by atoms with Gasteiger partial charge >= 0.3 is 29.8 Å². The second-order valence-corrected chi connectivity index (χ2v) is 6.48. The number of ether oxygens (including phenoxy) is 6. The van der Waals surface area contributed by atoms with E-state index in [0.29, 0.717) is 0 Å². The number of methoxy groups -OCH3 is 1. The molecule has 0 aromatic carbocycles. The summed E-state index contributed by atoms with van der Waals surface area (Å²) in [6.45, 7) is 4.12. The van der Waals surface area contributed by atoms with Crippen LogP contribution in [-0.2, 0) is 52.4 Å². The molecule has 32 heavy (non-hydrogen) atoms. The van der Waals surface area contributed by atoms with E-state index >= 15 is 0 Å². The summed E-state index contributed by atoms with van der Waals surface area (Å²) in [5, 5.41) is 10.7. The third-order valence-electron chi connectivity index (χ3n) is 4.22. The van der Waals surface area contributed by atoms with E-state index in [1.807, 2.05) is 0 Å². The molecule has 0 aliphatic carbocycles. The Bertz CT molecular complexity index is 715. The Kier molecular flexibility index (Phi) is 11.3. The first-order chi connectivity index (χ1) is 15.2. The van der Waals surface area contributed by atoms with Crippen LogP contribution in [0, 0.1) is 0 Å². The van der Waals surface area contributed by atoms with Crippen molar-refractivity contribution in [1.29, 1.82) is 0 Å². The molecule has 5 atom stereocenters. The molecule has 1 aliphatic heterocycles. The quantitative estimate of drug-likeness (QED) is 0.263. The van der Waals surface area contributed by atoms with Crippen molar-refractivity contribution in [3.8, 4) is 0 Å². The molecule has 12 nitrogen and oxygen atoms in total. The number of carbonyl (C=O) groups excluding carboxylic acids is 5. The lowest BCUT2D eigenvalue weighted by Crippen LogP contribution is -2.62. The summed E-state index contributed by atoms with van der Waals surface area (Å²) in [7, 11) is 1.11. The molecule has 0 spiro atoms. The summed E-state index contributed by atoms with van der Waals surface area (Å²) < 4.78 is 30.4. The van der Waals surface area contributed by atoms with Crippen LogP contribution < -0.4 is 0 Å². The van der Waals surface area contributed by atoms with Crippen molar-refractivity contribution >= 4 is 29.8 Å². The highest BCUT2D eigenvalue weighted by molar-refractivity contribution is 5.91. The van der Waals surface area contributed by atoms with Crippen LogP contribution in [0.5, 0.6) is 0 Å². The Morgan fingerprint density at radius 2 is 1.34 bits per heavy atom. The van der Waals surface area contributed by atoms with Crippen molar-refractivity contribution in [2.45, 2.75) is 70.7 Å². The van der Waals surface area contributed by atoms with Gasteiger partial charge < -0.3 is 33.5 Å². The minimum absolute atomic E-state index is 0.0552. The molecule has 1 aliphatic rings. The van der Waals surface area contributed by atoms with Gasteiger partial charge in [-0.3, -0.25) is 14.4 Å². The van der Waals surface area contributed by atoms with Crippen LogP contribution in [0.25, 0.3) is 0 Å². The maximum Gasteiger partial charge on any atom is 0.333 e. The summed E-state index contributed by atoms with van der Waals surface area (Å²) in [5.74, 6) is -3.95. The number of esters is 5. The summed E-state index contributed by atoms with van der Waals surface area (Å²) in [5.41, 5.74) is 0. The van der Waals surface area contributed by atoms with Crippen LogP contribution >= 0.6 is 0 Å². The Hall–Kier alpha value is -2.99. The lowest BCUT2D eigenvalue weighted by Gasteiger charge is -2.42. The van der Waals surface area contributed by atoms with Crippen molar-refractivity contribution in [3.63, 3.8) is 0 Å². The number of aliphatic hydroxyl groups is 1. The SMILES string of the molecule is CCC(=O)OC[C@H]1O[C@@H](OC(=O)/C=C/C(=O)OC)[C@H](OC(=O)CC)[C@@H](OC(=O)CC)[C@H]1O. The van der Waals surface area contributed by atoms with Gasteiger partial charge in [0.05, 0.1) is 7.11 Å². The highest BCUT2D eigenvalue weighted by Gasteiger charge is 2.51. The molecule has 1 rings (SSSR count). The molecular formula is C20H28O12. The van der Waals surface area contributed by atoms with E-state index in [9.17, 15) is 29.1 Å². The fourth-order valence-corrected chi connectivity index (χ4v) is 2.49. The van der Waals surface area contributed by atoms with Crippen LogP contribution in [0.15, 0.2) is 12.2 Å². The van der Waals surface area contributed by atoms with Gasteiger partial charge in [-0.1, -0.05) is 20.8 Å². The van der Waals surface area contributed by atoms with Crippen molar-refractivity contribution in [2.24, 2.45) is 0 Å². The third kappa shape index (κ3) is 8.27. The predicted octanol–water partition coefficient (Wildman–Crippen LogP) is -0.0586. The standard InChI is InChI=1S/C20H28O12/c1-5-12(21)28-10-11-17(26)18(30-13(22)6-2)19(31-14(23)7-3)20(29-11)32-16(25)9-8-15(24)27-4/h8-9,11,17-20,26H,5-7,10H2,1-4H3/b9-8+/t11-,17+,18+,19-,20+/m1/s1. The van der Waals surface area contributed by atoms with Gasteiger partial charge in [-0.25, -0.2) is 9.59 Å². The molecule has 1 fully saturated rings. The highest BCUT2D eigenvalue weighted by atomic mass is 16.7. The molecule has 0 aromatic rings. The molecule has 1 heterocycles. The number of aliphatic hydroxyl groups excluding tert-OH is 1. The first-order valence-corrected chi connectivity index (χ1v) is 10.0. The number of hydrogen-bond donors (Lipinski definition) is 1. The van der Waals surface area contributed by atoms with Crippen LogP contribution in [0.4, 0.5) is 0 Å². The van der Waals surface area contributed by atoms with Gasteiger partial charge in [-0.2, -0.15) is 0 Å². The molecular weight excluding hydrogens is 432 g/mol. The lowest BCUT2D eigenvalue weighted by atomic mass is 9.98. The largest absolute Gasteiger partial charge is 0.466 e. The average Bonchev–Trinajstić information content (AvgIpc) is 2.79. The molecule has 1 N–H and O–H groups in total. The number of hydrogen-bond acceptors (Lipinski definition) is 12. The topological polar surface area (TPSA) is 161 Å². The minimum atomic E-state index is -1.65. The monoisotopic (exact) mass is 460 g/mol. The average molecular weight is 460 g/mol. The van der Waals surface area contributed by atoms with E-state index in [-0.39, 0.29) is 19.3 Å². The Morgan fingerprint density at radius 3 is 1.88 bits per heavy atom. The first-order valence-electron chi connectivity index (χ1n) is 10.0. The Morgan fingerprint density at radius 1 is 0.812 bits per heavy atom. The zero-order valence-electron chi connectivity index (χ0n) is 18.3. The summed E-state index contributed by atoms with van der Waals surface area (Å²) in [4.78, 5) is 58.6. The maximum atomic E-state index is 12.1. The molecule has 0 bridgehead atoms. The number of carbonyl (C=O) groups is 5. The van der Waals surface area contributed by atoms with Gasteiger partial charge in [0.15, 0.2) is 6.10 Å². The Labute approximate surface area is 184 Å². The van der Waals surface area contributed by atoms with Gasteiger partial charge in [-0.05, 0) is 0 Å². The van der Waals surface area contributed by atoms with E-state index in [1.54, 1.807) is 6.92 Å². The third-order valence-corrected chi connectivity index (χ3v) is 4.22. The van der Waals surface area contributed by atoms with E-state index in [1.165, 1.54) is 13.8 Å². The molecule has 0 amide bonds. The molecule has 0 aromatic heterocycles. The Balaban J connectivity index is 3.19. The second kappa shape index (κ2) is 13.4. The smallest absolute Gasteiger partial charge is 0.333 e. The fourth-order valence-electron chi connectivity index (χ4n) is 2.49. The zero-order valence-corrected chi connectivity index (χ0v) is 18.3. The summed E-state index contributed by atoms with van der Waals surface area (Å²) >= 11 is 0. The summed E-state index contributed by atoms with van der Waals surface area (Å²) in [6, 6.07) is 0. The van der Waals surface area contributed by atoms with Crippen LogP contribution in [0.2, 0.25) is 0 Å².